The maximum absolute atomic E-state index is 12.2. The fraction of sp³-hybridized carbons (Fsp3) is 0.222. The molecule has 27 heavy (non-hydrogen) atoms. The molecular formula is C18H17ClN2O6. The molecule has 142 valence electrons. The second kappa shape index (κ2) is 8.50. The molecule has 0 bridgehead atoms. The molecule has 0 fully saturated rings. The van der Waals surface area contributed by atoms with E-state index in [9.17, 15) is 19.7 Å². The summed E-state index contributed by atoms with van der Waals surface area (Å²) in [7, 11) is 0. The summed E-state index contributed by atoms with van der Waals surface area (Å²) in [5.74, 6) is -0.882. The third kappa shape index (κ3) is 5.96. The molecule has 2 rings (SSSR count). The third-order valence-electron chi connectivity index (χ3n) is 3.37. The van der Waals surface area contributed by atoms with Crippen LogP contribution in [0.2, 0.25) is 5.02 Å². The first kappa shape index (κ1) is 20.2. The Hall–Kier alpha value is -3.13. The molecule has 0 saturated carbocycles. The number of amides is 1. The summed E-state index contributed by atoms with van der Waals surface area (Å²) < 4.78 is 10.6. The Bertz CT molecular complexity index is 834. The van der Waals surface area contributed by atoms with Gasteiger partial charge in [-0.05, 0) is 50.2 Å². The lowest BCUT2D eigenvalue weighted by Gasteiger charge is -2.24. The zero-order chi connectivity index (χ0) is 20.0. The van der Waals surface area contributed by atoms with Crippen LogP contribution in [-0.2, 0) is 14.3 Å². The Kier molecular flexibility index (Phi) is 6.36. The Morgan fingerprint density at radius 3 is 2.26 bits per heavy atom. The van der Waals surface area contributed by atoms with Gasteiger partial charge in [-0.3, -0.25) is 14.9 Å². The van der Waals surface area contributed by atoms with Gasteiger partial charge in [-0.25, -0.2) is 4.79 Å². The minimum Gasteiger partial charge on any atom is -0.476 e. The summed E-state index contributed by atoms with van der Waals surface area (Å²) in [5, 5.41) is 13.6. The monoisotopic (exact) mass is 392 g/mol. The van der Waals surface area contributed by atoms with E-state index in [2.05, 4.69) is 5.32 Å². The SMILES string of the molecule is CC(C)(Oc1ccc(Cl)cc1)C(=O)OCC(=O)Nc1ccc([N+](=O)[O-])cc1. The predicted octanol–water partition coefficient (Wildman–Crippen LogP) is 3.59. The molecular weight excluding hydrogens is 376 g/mol. The van der Waals surface area contributed by atoms with Crippen LogP contribution in [0.5, 0.6) is 5.75 Å². The van der Waals surface area contributed by atoms with E-state index in [1.165, 1.54) is 38.1 Å². The van der Waals surface area contributed by atoms with Crippen molar-refractivity contribution in [2.75, 3.05) is 11.9 Å². The first-order valence-corrected chi connectivity index (χ1v) is 8.21. The molecule has 8 nitrogen and oxygen atoms in total. The van der Waals surface area contributed by atoms with Crippen molar-refractivity contribution >= 4 is 34.9 Å². The number of carbonyl (C=O) groups is 2. The van der Waals surface area contributed by atoms with Crippen LogP contribution < -0.4 is 10.1 Å². The number of nitrogens with one attached hydrogen (secondary N) is 1. The van der Waals surface area contributed by atoms with Crippen LogP contribution in [0, 0.1) is 10.1 Å². The molecule has 0 aromatic heterocycles. The molecule has 0 spiro atoms. The number of ether oxygens (including phenoxy) is 2. The summed E-state index contributed by atoms with van der Waals surface area (Å²) in [6.45, 7) is 2.50. The first-order chi connectivity index (χ1) is 12.7. The number of nitro benzene ring substituents is 1. The van der Waals surface area contributed by atoms with Crippen LogP contribution in [0.25, 0.3) is 0 Å². The van der Waals surface area contributed by atoms with Gasteiger partial charge in [0, 0.05) is 22.8 Å². The van der Waals surface area contributed by atoms with Gasteiger partial charge in [0.05, 0.1) is 4.92 Å². The number of nitrogens with zero attached hydrogens (tertiary/aromatic N) is 1. The maximum atomic E-state index is 12.2. The topological polar surface area (TPSA) is 108 Å². The minimum absolute atomic E-state index is 0.0967. The smallest absolute Gasteiger partial charge is 0.350 e. The highest BCUT2D eigenvalue weighted by atomic mass is 35.5. The van der Waals surface area contributed by atoms with Gasteiger partial charge in [-0.1, -0.05) is 11.6 Å². The molecule has 0 heterocycles. The number of hydrogen-bond acceptors (Lipinski definition) is 6. The number of benzene rings is 2. The number of anilines is 1. The van der Waals surface area contributed by atoms with Crippen LogP contribution in [0.1, 0.15) is 13.8 Å². The highest BCUT2D eigenvalue weighted by Crippen LogP contribution is 2.22. The quantitative estimate of drug-likeness (QED) is 0.438. The molecule has 1 amide bonds. The van der Waals surface area contributed by atoms with Crippen LogP contribution in [-0.4, -0.2) is 29.0 Å². The molecule has 0 aliphatic carbocycles. The number of rotatable bonds is 7. The lowest BCUT2D eigenvalue weighted by atomic mass is 10.1. The lowest BCUT2D eigenvalue weighted by molar-refractivity contribution is -0.384. The predicted molar refractivity (Wildman–Crippen MR) is 98.8 cm³/mol. The molecule has 1 N–H and O–H groups in total. The normalized spacial score (nSPS) is 10.8. The number of nitro groups is 1. The van der Waals surface area contributed by atoms with Gasteiger partial charge >= 0.3 is 5.97 Å². The molecule has 0 unspecified atom stereocenters. The fourth-order valence-corrected chi connectivity index (χ4v) is 2.13. The summed E-state index contributed by atoms with van der Waals surface area (Å²) in [6, 6.07) is 11.7. The second-order valence-corrected chi connectivity index (χ2v) is 6.43. The molecule has 2 aromatic carbocycles. The van der Waals surface area contributed by atoms with Gasteiger partial charge in [0.15, 0.2) is 12.2 Å². The van der Waals surface area contributed by atoms with Crippen LogP contribution in [0.15, 0.2) is 48.5 Å². The van der Waals surface area contributed by atoms with Crippen LogP contribution in [0.3, 0.4) is 0 Å². The van der Waals surface area contributed by atoms with Gasteiger partial charge in [-0.2, -0.15) is 0 Å². The number of carbonyl (C=O) groups excluding carboxylic acids is 2. The van der Waals surface area contributed by atoms with E-state index in [-0.39, 0.29) is 5.69 Å². The average molecular weight is 393 g/mol. The Labute approximate surface area is 160 Å². The van der Waals surface area contributed by atoms with Crippen molar-refractivity contribution in [1.29, 1.82) is 0 Å². The Morgan fingerprint density at radius 1 is 1.11 bits per heavy atom. The van der Waals surface area contributed by atoms with Gasteiger partial charge in [0.1, 0.15) is 5.75 Å². The molecule has 0 aliphatic rings. The van der Waals surface area contributed by atoms with E-state index in [1.807, 2.05) is 0 Å². The van der Waals surface area contributed by atoms with Crippen LogP contribution >= 0.6 is 11.6 Å². The molecule has 0 aliphatic heterocycles. The van der Waals surface area contributed by atoms with Crippen molar-refractivity contribution in [2.24, 2.45) is 0 Å². The van der Waals surface area contributed by atoms with Crippen molar-refractivity contribution < 1.29 is 24.0 Å². The number of halogens is 1. The largest absolute Gasteiger partial charge is 0.476 e. The van der Waals surface area contributed by atoms with E-state index >= 15 is 0 Å². The van der Waals surface area contributed by atoms with Crippen LogP contribution in [0.4, 0.5) is 11.4 Å². The first-order valence-electron chi connectivity index (χ1n) is 7.83. The molecule has 9 heteroatoms. The highest BCUT2D eigenvalue weighted by molar-refractivity contribution is 6.30. The standard InChI is InChI=1S/C18H17ClN2O6/c1-18(2,27-15-9-3-12(19)4-10-15)17(23)26-11-16(22)20-13-5-7-14(8-6-13)21(24)25/h3-10H,11H2,1-2H3,(H,20,22). The van der Waals surface area contributed by atoms with E-state index in [4.69, 9.17) is 21.1 Å². The highest BCUT2D eigenvalue weighted by Gasteiger charge is 2.32. The molecule has 0 atom stereocenters. The fourth-order valence-electron chi connectivity index (χ4n) is 2.01. The second-order valence-electron chi connectivity index (χ2n) is 5.99. The zero-order valence-corrected chi connectivity index (χ0v) is 15.4. The lowest BCUT2D eigenvalue weighted by Crippen LogP contribution is -2.41. The van der Waals surface area contributed by atoms with Crippen molar-refractivity contribution in [3.8, 4) is 5.75 Å². The third-order valence-corrected chi connectivity index (χ3v) is 3.63. The van der Waals surface area contributed by atoms with E-state index < -0.39 is 29.0 Å². The van der Waals surface area contributed by atoms with Gasteiger partial charge in [-0.15, -0.1) is 0 Å². The van der Waals surface area contributed by atoms with E-state index in [0.717, 1.165) is 0 Å². The summed E-state index contributed by atoms with van der Waals surface area (Å²) in [5.41, 5.74) is -1.07. The van der Waals surface area contributed by atoms with Gasteiger partial charge in [0.25, 0.3) is 11.6 Å². The summed E-state index contributed by atoms with van der Waals surface area (Å²) in [4.78, 5) is 34.1. The maximum Gasteiger partial charge on any atom is 0.350 e. The average Bonchev–Trinajstić information content (AvgIpc) is 2.62. The van der Waals surface area contributed by atoms with Crippen molar-refractivity contribution in [3.05, 3.63) is 63.7 Å². The van der Waals surface area contributed by atoms with E-state index in [1.54, 1.807) is 24.3 Å². The molecule has 0 saturated heterocycles. The number of hydrogen-bond donors (Lipinski definition) is 1. The number of esters is 1. The van der Waals surface area contributed by atoms with Gasteiger partial charge in [0.2, 0.25) is 0 Å². The molecule has 0 radical (unpaired) electrons. The van der Waals surface area contributed by atoms with Crippen molar-refractivity contribution in [1.82, 2.24) is 0 Å². The number of non-ortho nitro benzene ring substituents is 1. The van der Waals surface area contributed by atoms with Crippen molar-refractivity contribution in [2.45, 2.75) is 19.4 Å². The Morgan fingerprint density at radius 2 is 1.70 bits per heavy atom. The minimum atomic E-state index is -1.32. The summed E-state index contributed by atoms with van der Waals surface area (Å²) in [6.07, 6.45) is 0. The zero-order valence-electron chi connectivity index (χ0n) is 14.6. The summed E-state index contributed by atoms with van der Waals surface area (Å²) >= 11 is 5.80. The van der Waals surface area contributed by atoms with Gasteiger partial charge < -0.3 is 14.8 Å². The van der Waals surface area contributed by atoms with Crippen molar-refractivity contribution in [3.63, 3.8) is 0 Å². The Balaban J connectivity index is 1.86. The molecule has 2 aromatic rings. The van der Waals surface area contributed by atoms with E-state index in [0.29, 0.717) is 16.5 Å².